The maximum Gasteiger partial charge on any atom is -0.0103 e. The van der Waals surface area contributed by atoms with Crippen molar-refractivity contribution in [2.75, 3.05) is 0 Å². The molecular formula is C18H30. The minimum Gasteiger partial charge on any atom is -0.0622 e. The Kier molecular flexibility index (Phi) is 4.64. The van der Waals surface area contributed by atoms with Gasteiger partial charge in [-0.3, -0.25) is 0 Å². The van der Waals surface area contributed by atoms with Crippen LogP contribution in [0.3, 0.4) is 0 Å². The molecule has 1 rings (SSSR count). The predicted molar refractivity (Wildman–Crippen MR) is 81.9 cm³/mol. The van der Waals surface area contributed by atoms with Gasteiger partial charge in [-0.05, 0) is 34.7 Å². The number of rotatable bonds is 4. The molecule has 0 spiro atoms. The Bertz CT molecular complexity index is 351. The van der Waals surface area contributed by atoms with Crippen LogP contribution in [0, 0.1) is 16.7 Å². The van der Waals surface area contributed by atoms with Crippen LogP contribution in [0.15, 0.2) is 30.3 Å². The van der Waals surface area contributed by atoms with Gasteiger partial charge in [-0.15, -0.1) is 0 Å². The molecule has 0 aliphatic rings. The summed E-state index contributed by atoms with van der Waals surface area (Å²) < 4.78 is 0. The summed E-state index contributed by atoms with van der Waals surface area (Å²) in [6.07, 6.45) is 1.24. The summed E-state index contributed by atoms with van der Waals surface area (Å²) in [5.74, 6) is 1.31. The third-order valence-corrected chi connectivity index (χ3v) is 4.40. The van der Waals surface area contributed by atoms with Gasteiger partial charge in [0.05, 0.1) is 0 Å². The van der Waals surface area contributed by atoms with Crippen LogP contribution in [0.25, 0.3) is 0 Å². The van der Waals surface area contributed by atoms with Gasteiger partial charge in [0, 0.05) is 0 Å². The third-order valence-electron chi connectivity index (χ3n) is 4.40. The first-order valence-corrected chi connectivity index (χ1v) is 7.19. The molecule has 0 amide bonds. The average molecular weight is 246 g/mol. The fourth-order valence-corrected chi connectivity index (χ4v) is 2.51. The van der Waals surface area contributed by atoms with Crippen LogP contribution in [-0.4, -0.2) is 0 Å². The van der Waals surface area contributed by atoms with Gasteiger partial charge in [0.1, 0.15) is 0 Å². The van der Waals surface area contributed by atoms with Crippen molar-refractivity contribution in [3.63, 3.8) is 0 Å². The molecule has 102 valence electrons. The van der Waals surface area contributed by atoms with Gasteiger partial charge in [0.25, 0.3) is 0 Å². The van der Waals surface area contributed by atoms with E-state index < -0.39 is 0 Å². The smallest absolute Gasteiger partial charge is 0.0103 e. The lowest BCUT2D eigenvalue weighted by atomic mass is 9.63. The Labute approximate surface area is 114 Å². The van der Waals surface area contributed by atoms with Crippen molar-refractivity contribution in [3.05, 3.63) is 35.9 Å². The van der Waals surface area contributed by atoms with E-state index in [1.165, 1.54) is 12.0 Å². The Morgan fingerprint density at radius 2 is 1.39 bits per heavy atom. The Morgan fingerprint density at radius 3 is 1.78 bits per heavy atom. The van der Waals surface area contributed by atoms with Crippen molar-refractivity contribution in [2.24, 2.45) is 16.7 Å². The summed E-state index contributed by atoms with van der Waals surface area (Å²) in [6, 6.07) is 11.0. The molecule has 0 N–H and O–H groups in total. The van der Waals surface area contributed by atoms with Crippen LogP contribution >= 0.6 is 0 Å². The lowest BCUT2D eigenvalue weighted by molar-refractivity contribution is 0.150. The molecule has 0 heteroatoms. The SMILES string of the molecule is CC(C)C(C)(C)C(CC(C)(C)C)c1ccccc1. The zero-order valence-electron chi connectivity index (χ0n) is 13.2. The Balaban J connectivity index is 3.11. The number of hydrogen-bond acceptors (Lipinski definition) is 0. The van der Waals surface area contributed by atoms with Crippen molar-refractivity contribution in [1.82, 2.24) is 0 Å². The summed E-state index contributed by atoms with van der Waals surface area (Å²) in [5, 5.41) is 0. The van der Waals surface area contributed by atoms with Crippen molar-refractivity contribution >= 4 is 0 Å². The quantitative estimate of drug-likeness (QED) is 0.621. The normalized spacial score (nSPS) is 14.9. The summed E-state index contributed by atoms with van der Waals surface area (Å²) in [6.45, 7) is 16.6. The molecule has 0 bridgehead atoms. The van der Waals surface area contributed by atoms with Gasteiger partial charge in [0.15, 0.2) is 0 Å². The second-order valence-corrected chi connectivity index (χ2v) is 7.70. The van der Waals surface area contributed by atoms with Gasteiger partial charge < -0.3 is 0 Å². The first-order valence-electron chi connectivity index (χ1n) is 7.19. The molecule has 0 fully saturated rings. The summed E-state index contributed by atoms with van der Waals surface area (Å²) in [5.41, 5.74) is 2.19. The minimum atomic E-state index is 0.328. The number of benzene rings is 1. The van der Waals surface area contributed by atoms with E-state index in [0.717, 1.165) is 0 Å². The molecule has 0 aliphatic heterocycles. The van der Waals surface area contributed by atoms with E-state index in [4.69, 9.17) is 0 Å². The molecule has 1 aromatic carbocycles. The van der Waals surface area contributed by atoms with Gasteiger partial charge in [-0.1, -0.05) is 78.8 Å². The predicted octanol–water partition coefficient (Wildman–Crippen LogP) is 5.89. The standard InChI is InChI=1S/C18H30/c1-14(2)18(6,7)16(13-17(3,4)5)15-11-9-8-10-12-15/h8-12,14,16H,13H2,1-7H3. The van der Waals surface area contributed by atoms with Crippen LogP contribution in [0.1, 0.15) is 66.4 Å². The molecule has 1 unspecified atom stereocenters. The van der Waals surface area contributed by atoms with Crippen LogP contribution in [0.2, 0.25) is 0 Å². The zero-order valence-corrected chi connectivity index (χ0v) is 13.2. The van der Waals surface area contributed by atoms with Gasteiger partial charge >= 0.3 is 0 Å². The lowest BCUT2D eigenvalue weighted by Gasteiger charge is -2.41. The largest absolute Gasteiger partial charge is 0.0622 e. The van der Waals surface area contributed by atoms with Crippen LogP contribution in [0.4, 0.5) is 0 Å². The number of hydrogen-bond donors (Lipinski definition) is 0. The van der Waals surface area contributed by atoms with E-state index in [0.29, 0.717) is 22.7 Å². The second kappa shape index (κ2) is 5.47. The van der Waals surface area contributed by atoms with E-state index in [-0.39, 0.29) is 0 Å². The fraction of sp³-hybridized carbons (Fsp3) is 0.667. The minimum absolute atomic E-state index is 0.328. The van der Waals surface area contributed by atoms with E-state index >= 15 is 0 Å². The molecule has 0 heterocycles. The Hall–Kier alpha value is -0.780. The molecule has 1 aromatic rings. The summed E-state index contributed by atoms with van der Waals surface area (Å²) in [7, 11) is 0. The van der Waals surface area contributed by atoms with E-state index in [1.54, 1.807) is 0 Å². The molecule has 0 saturated heterocycles. The van der Waals surface area contributed by atoms with Gasteiger partial charge in [-0.25, -0.2) is 0 Å². The highest BCUT2D eigenvalue weighted by Gasteiger charge is 2.35. The highest BCUT2D eigenvalue weighted by atomic mass is 14.4. The highest BCUT2D eigenvalue weighted by Crippen LogP contribution is 2.47. The van der Waals surface area contributed by atoms with Crippen LogP contribution in [0.5, 0.6) is 0 Å². The molecule has 0 saturated carbocycles. The van der Waals surface area contributed by atoms with Crippen molar-refractivity contribution in [3.8, 4) is 0 Å². The molecule has 0 nitrogen and oxygen atoms in total. The fourth-order valence-electron chi connectivity index (χ4n) is 2.51. The second-order valence-electron chi connectivity index (χ2n) is 7.70. The highest BCUT2D eigenvalue weighted by molar-refractivity contribution is 5.22. The van der Waals surface area contributed by atoms with Gasteiger partial charge in [-0.2, -0.15) is 0 Å². The monoisotopic (exact) mass is 246 g/mol. The van der Waals surface area contributed by atoms with Gasteiger partial charge in [0.2, 0.25) is 0 Å². The molecule has 0 aliphatic carbocycles. The Morgan fingerprint density at radius 1 is 0.889 bits per heavy atom. The maximum absolute atomic E-state index is 2.42. The van der Waals surface area contributed by atoms with E-state index in [1.807, 2.05) is 0 Å². The van der Waals surface area contributed by atoms with Crippen LogP contribution in [-0.2, 0) is 0 Å². The average Bonchev–Trinajstić information content (AvgIpc) is 2.25. The topological polar surface area (TPSA) is 0 Å². The van der Waals surface area contributed by atoms with Crippen molar-refractivity contribution in [2.45, 2.75) is 60.8 Å². The molecule has 0 radical (unpaired) electrons. The maximum atomic E-state index is 2.42. The molecule has 0 aromatic heterocycles. The third kappa shape index (κ3) is 3.86. The first kappa shape index (κ1) is 15.3. The summed E-state index contributed by atoms with van der Waals surface area (Å²) >= 11 is 0. The van der Waals surface area contributed by atoms with Crippen LogP contribution < -0.4 is 0 Å². The summed E-state index contributed by atoms with van der Waals surface area (Å²) in [4.78, 5) is 0. The van der Waals surface area contributed by atoms with E-state index in [2.05, 4.69) is 78.8 Å². The molecular weight excluding hydrogens is 216 g/mol. The lowest BCUT2D eigenvalue weighted by Crippen LogP contribution is -2.31. The zero-order chi connectivity index (χ0) is 14.0. The molecule has 18 heavy (non-hydrogen) atoms. The van der Waals surface area contributed by atoms with E-state index in [9.17, 15) is 0 Å². The first-order chi connectivity index (χ1) is 8.14. The molecule has 1 atom stereocenters. The van der Waals surface area contributed by atoms with Crippen molar-refractivity contribution in [1.29, 1.82) is 0 Å². The van der Waals surface area contributed by atoms with Crippen molar-refractivity contribution < 1.29 is 0 Å².